The molecule has 5 nitrogen and oxygen atoms in total. The van der Waals surface area contributed by atoms with Crippen LogP contribution in [0.25, 0.3) is 10.2 Å². The minimum absolute atomic E-state index is 0.295. The lowest BCUT2D eigenvalue weighted by atomic mass is 9.88. The number of likely N-dealkylation sites (tertiary alicyclic amines) is 1. The summed E-state index contributed by atoms with van der Waals surface area (Å²) in [5, 5.41) is 0.749. The molecule has 0 aromatic carbocycles. The molecular formula is C24H26F3N5S. The van der Waals surface area contributed by atoms with Crippen molar-refractivity contribution in [1.29, 1.82) is 0 Å². The van der Waals surface area contributed by atoms with Gasteiger partial charge in [0.1, 0.15) is 17.0 Å². The Hall–Kier alpha value is -2.26. The third-order valence-corrected chi connectivity index (χ3v) is 8.21. The quantitative estimate of drug-likeness (QED) is 0.520. The van der Waals surface area contributed by atoms with Gasteiger partial charge in [-0.3, -0.25) is 9.88 Å². The number of piperidine rings is 1. The summed E-state index contributed by atoms with van der Waals surface area (Å²) in [6, 6.07) is 6.04. The van der Waals surface area contributed by atoms with Crippen LogP contribution < -0.4 is 4.90 Å². The Morgan fingerprint density at radius 1 is 1.00 bits per heavy atom. The molecule has 2 aliphatic heterocycles. The fourth-order valence-corrected chi connectivity index (χ4v) is 6.42. The SMILES string of the molecule is FC(F)(F)Cc1cc2c(N3C[C@H]4CCN(Cc5ccc(C6CC6)nc5)C[C@H]4C3)ncnc2s1. The van der Waals surface area contributed by atoms with E-state index in [0.29, 0.717) is 27.5 Å². The maximum Gasteiger partial charge on any atom is 0.393 e. The highest BCUT2D eigenvalue weighted by atomic mass is 32.1. The van der Waals surface area contributed by atoms with E-state index >= 15 is 0 Å². The fraction of sp³-hybridized carbons (Fsp3) is 0.542. The number of halogens is 3. The summed E-state index contributed by atoms with van der Waals surface area (Å²) in [6.07, 6.45) is 2.06. The molecular weight excluding hydrogens is 447 g/mol. The maximum atomic E-state index is 12.9. The molecule has 1 saturated carbocycles. The molecule has 3 aromatic heterocycles. The first-order valence-corrected chi connectivity index (χ1v) is 12.5. The summed E-state index contributed by atoms with van der Waals surface area (Å²) < 4.78 is 38.6. The largest absolute Gasteiger partial charge is 0.393 e. The molecule has 0 radical (unpaired) electrons. The number of alkyl halides is 3. The second-order valence-corrected chi connectivity index (χ2v) is 10.9. The molecule has 0 N–H and O–H groups in total. The van der Waals surface area contributed by atoms with E-state index in [4.69, 9.17) is 0 Å². The third-order valence-electron chi connectivity index (χ3n) is 7.17. The summed E-state index contributed by atoms with van der Waals surface area (Å²) in [4.78, 5) is 19.1. The van der Waals surface area contributed by atoms with E-state index in [1.54, 1.807) is 6.07 Å². The Bertz CT molecular complexity index is 1140. The Kier molecular flexibility index (Phi) is 5.29. The third kappa shape index (κ3) is 4.57. The van der Waals surface area contributed by atoms with E-state index in [2.05, 4.69) is 36.9 Å². The van der Waals surface area contributed by atoms with Crippen molar-refractivity contribution in [3.05, 3.63) is 46.9 Å². The highest BCUT2D eigenvalue weighted by Gasteiger charge is 2.38. The Labute approximate surface area is 194 Å². The average Bonchev–Trinajstić information content (AvgIpc) is 3.41. The molecule has 174 valence electrons. The van der Waals surface area contributed by atoms with Gasteiger partial charge in [0, 0.05) is 48.9 Å². The molecule has 6 rings (SSSR count). The minimum atomic E-state index is -4.21. The van der Waals surface area contributed by atoms with Gasteiger partial charge in [0.2, 0.25) is 0 Å². The van der Waals surface area contributed by atoms with Crippen molar-refractivity contribution in [2.45, 2.75) is 44.3 Å². The topological polar surface area (TPSA) is 45.2 Å². The molecule has 1 aliphatic carbocycles. The number of anilines is 1. The summed E-state index contributed by atoms with van der Waals surface area (Å²) in [5.41, 5.74) is 2.49. The standard InChI is InChI=1S/C24H26F3N5S/c25-24(26,27)8-19-7-20-22(29-14-30-23(20)33-19)32-12-17-5-6-31(11-18(17)13-32)10-15-1-4-21(28-9-15)16-2-3-16/h1,4,7,9,14,16-18H,2-3,5-6,8,10-13H2/t17-,18+/m1/s1. The number of fused-ring (bicyclic) bond motifs is 2. The van der Waals surface area contributed by atoms with Gasteiger partial charge in [-0.25, -0.2) is 9.97 Å². The number of nitrogens with zero attached hydrogens (tertiary/aromatic N) is 5. The van der Waals surface area contributed by atoms with Crippen LogP contribution in [0.3, 0.4) is 0 Å². The van der Waals surface area contributed by atoms with Crippen molar-refractivity contribution in [3.8, 4) is 0 Å². The molecule has 33 heavy (non-hydrogen) atoms. The van der Waals surface area contributed by atoms with Crippen LogP contribution in [-0.2, 0) is 13.0 Å². The molecule has 9 heteroatoms. The van der Waals surface area contributed by atoms with Crippen molar-refractivity contribution in [1.82, 2.24) is 19.9 Å². The Balaban J connectivity index is 1.14. The summed E-state index contributed by atoms with van der Waals surface area (Å²) in [6.45, 7) is 4.81. The zero-order valence-electron chi connectivity index (χ0n) is 18.3. The van der Waals surface area contributed by atoms with Crippen LogP contribution in [0.4, 0.5) is 19.0 Å². The second kappa shape index (κ2) is 8.20. The number of rotatable bonds is 5. The van der Waals surface area contributed by atoms with Gasteiger partial charge >= 0.3 is 6.18 Å². The van der Waals surface area contributed by atoms with Gasteiger partial charge in [-0.1, -0.05) is 6.07 Å². The van der Waals surface area contributed by atoms with Gasteiger partial charge < -0.3 is 4.90 Å². The van der Waals surface area contributed by atoms with Gasteiger partial charge in [0.15, 0.2) is 0 Å². The molecule has 2 saturated heterocycles. The van der Waals surface area contributed by atoms with Gasteiger partial charge in [-0.15, -0.1) is 11.3 Å². The zero-order chi connectivity index (χ0) is 22.6. The minimum Gasteiger partial charge on any atom is -0.355 e. The molecule has 0 spiro atoms. The normalized spacial score (nSPS) is 23.9. The van der Waals surface area contributed by atoms with Gasteiger partial charge in [-0.2, -0.15) is 13.2 Å². The Morgan fingerprint density at radius 2 is 1.85 bits per heavy atom. The second-order valence-electron chi connectivity index (χ2n) is 9.74. The highest BCUT2D eigenvalue weighted by Crippen LogP contribution is 2.40. The molecule has 3 fully saturated rings. The molecule has 0 unspecified atom stereocenters. The number of hydrogen-bond acceptors (Lipinski definition) is 6. The molecule has 0 bridgehead atoms. The van der Waals surface area contributed by atoms with Crippen molar-refractivity contribution >= 4 is 27.4 Å². The van der Waals surface area contributed by atoms with E-state index in [1.807, 2.05) is 6.20 Å². The van der Waals surface area contributed by atoms with E-state index < -0.39 is 12.6 Å². The lowest BCUT2D eigenvalue weighted by Crippen LogP contribution is -2.39. The van der Waals surface area contributed by atoms with Gasteiger partial charge in [0.25, 0.3) is 0 Å². The van der Waals surface area contributed by atoms with E-state index in [1.165, 1.54) is 30.4 Å². The average molecular weight is 474 g/mol. The Morgan fingerprint density at radius 3 is 2.61 bits per heavy atom. The van der Waals surface area contributed by atoms with Crippen molar-refractivity contribution < 1.29 is 13.2 Å². The van der Waals surface area contributed by atoms with E-state index in [9.17, 15) is 13.2 Å². The van der Waals surface area contributed by atoms with Crippen LogP contribution in [-0.4, -0.2) is 52.2 Å². The first-order valence-electron chi connectivity index (χ1n) is 11.6. The monoisotopic (exact) mass is 473 g/mol. The van der Waals surface area contributed by atoms with E-state index in [0.717, 1.165) is 61.7 Å². The van der Waals surface area contributed by atoms with E-state index in [-0.39, 0.29) is 0 Å². The van der Waals surface area contributed by atoms with Crippen LogP contribution in [0.15, 0.2) is 30.7 Å². The first-order chi connectivity index (χ1) is 15.9. The number of aromatic nitrogens is 3. The van der Waals surface area contributed by atoms with Crippen LogP contribution in [0.5, 0.6) is 0 Å². The van der Waals surface area contributed by atoms with Crippen LogP contribution in [0, 0.1) is 11.8 Å². The molecule has 3 aliphatic rings. The smallest absolute Gasteiger partial charge is 0.355 e. The van der Waals surface area contributed by atoms with Crippen LogP contribution in [0.2, 0.25) is 0 Å². The van der Waals surface area contributed by atoms with Gasteiger partial charge in [0.05, 0.1) is 11.8 Å². The summed E-state index contributed by atoms with van der Waals surface area (Å²) in [7, 11) is 0. The molecule has 5 heterocycles. The van der Waals surface area contributed by atoms with Crippen LogP contribution in [0.1, 0.15) is 41.3 Å². The number of pyridine rings is 1. The lowest BCUT2D eigenvalue weighted by Gasteiger charge is -2.34. The molecule has 0 amide bonds. The highest BCUT2D eigenvalue weighted by molar-refractivity contribution is 7.18. The van der Waals surface area contributed by atoms with Crippen molar-refractivity contribution in [2.75, 3.05) is 31.1 Å². The lowest BCUT2D eigenvalue weighted by molar-refractivity contribution is -0.126. The fourth-order valence-electron chi connectivity index (χ4n) is 5.40. The molecule has 3 aromatic rings. The number of hydrogen-bond donors (Lipinski definition) is 0. The van der Waals surface area contributed by atoms with Gasteiger partial charge in [-0.05, 0) is 55.3 Å². The van der Waals surface area contributed by atoms with Crippen LogP contribution >= 0.6 is 11.3 Å². The summed E-state index contributed by atoms with van der Waals surface area (Å²) >= 11 is 1.12. The predicted molar refractivity (Wildman–Crippen MR) is 122 cm³/mol. The zero-order valence-corrected chi connectivity index (χ0v) is 19.1. The maximum absolute atomic E-state index is 12.9. The summed E-state index contributed by atoms with van der Waals surface area (Å²) in [5.74, 6) is 2.59. The first kappa shape index (κ1) is 21.3. The van der Waals surface area contributed by atoms with Crippen molar-refractivity contribution in [2.24, 2.45) is 11.8 Å². The number of thiophene rings is 1. The van der Waals surface area contributed by atoms with Crippen molar-refractivity contribution in [3.63, 3.8) is 0 Å². The molecule has 2 atom stereocenters. The predicted octanol–water partition coefficient (Wildman–Crippen LogP) is 5.03.